The summed E-state index contributed by atoms with van der Waals surface area (Å²) in [6.07, 6.45) is -2.01. The molecule has 2 heterocycles. The van der Waals surface area contributed by atoms with Gasteiger partial charge in [0.1, 0.15) is 0 Å². The number of pyridine rings is 1. The minimum absolute atomic E-state index is 0.0819. The van der Waals surface area contributed by atoms with Crippen molar-refractivity contribution in [1.29, 1.82) is 0 Å². The average Bonchev–Trinajstić information content (AvgIpc) is 3.01. The predicted molar refractivity (Wildman–Crippen MR) is 88.9 cm³/mol. The number of carbonyl (C=O) groups excluding carboxylic acids is 1. The maximum atomic E-state index is 13.2. The number of nitrogens with two attached hydrogens (primary N) is 1. The van der Waals surface area contributed by atoms with E-state index in [0.29, 0.717) is 49.9 Å². The van der Waals surface area contributed by atoms with Crippen molar-refractivity contribution in [3.63, 3.8) is 0 Å². The Kier molecular flexibility index (Phi) is 5.00. The van der Waals surface area contributed by atoms with Crippen LogP contribution in [0.2, 0.25) is 0 Å². The van der Waals surface area contributed by atoms with Crippen LogP contribution in [0.15, 0.2) is 12.3 Å². The highest BCUT2D eigenvalue weighted by molar-refractivity contribution is 5.84. The molecule has 3 N–H and O–H groups in total. The van der Waals surface area contributed by atoms with Crippen LogP contribution in [-0.2, 0) is 23.9 Å². The SMILES string of the molecule is CCC(O)C1(C(=O)N2CCc3ncc(C(F)(F)F)cc3C2)CCC(N)C1. The van der Waals surface area contributed by atoms with Crippen LogP contribution in [0.25, 0.3) is 0 Å². The first-order valence-electron chi connectivity index (χ1n) is 8.95. The second kappa shape index (κ2) is 6.81. The van der Waals surface area contributed by atoms with Gasteiger partial charge in [0.15, 0.2) is 0 Å². The van der Waals surface area contributed by atoms with Crippen molar-refractivity contribution in [2.75, 3.05) is 6.54 Å². The molecule has 1 aliphatic carbocycles. The Morgan fingerprint density at radius 1 is 1.54 bits per heavy atom. The van der Waals surface area contributed by atoms with Crippen molar-refractivity contribution in [1.82, 2.24) is 9.88 Å². The lowest BCUT2D eigenvalue weighted by Gasteiger charge is -2.39. The maximum Gasteiger partial charge on any atom is 0.417 e. The predicted octanol–water partition coefficient (Wildman–Crippen LogP) is 2.25. The molecule has 0 aromatic carbocycles. The molecule has 1 aromatic heterocycles. The molecule has 1 fully saturated rings. The highest BCUT2D eigenvalue weighted by atomic mass is 19.4. The van der Waals surface area contributed by atoms with Crippen LogP contribution < -0.4 is 5.73 Å². The standard InChI is InChI=1S/C18H24F3N3O2/c1-2-15(25)17(5-3-13(22)8-17)16(26)24-6-4-14-11(10-24)7-12(9-23-14)18(19,20)21/h7,9,13,15,25H,2-6,8,10,22H2,1H3. The fraction of sp³-hybridized carbons (Fsp3) is 0.667. The van der Waals surface area contributed by atoms with Crippen molar-refractivity contribution in [2.45, 2.75) is 63.9 Å². The summed E-state index contributed by atoms with van der Waals surface area (Å²) in [7, 11) is 0. The van der Waals surface area contributed by atoms with Crippen LogP contribution in [0, 0.1) is 5.41 Å². The van der Waals surface area contributed by atoms with Gasteiger partial charge in [-0.05, 0) is 37.3 Å². The molecule has 3 unspecified atom stereocenters. The van der Waals surface area contributed by atoms with E-state index in [9.17, 15) is 23.1 Å². The zero-order chi connectivity index (χ0) is 19.1. The molecule has 144 valence electrons. The fourth-order valence-corrected chi connectivity index (χ4v) is 4.21. The van der Waals surface area contributed by atoms with Crippen LogP contribution in [0.3, 0.4) is 0 Å². The van der Waals surface area contributed by atoms with E-state index in [1.165, 1.54) is 0 Å². The van der Waals surface area contributed by atoms with E-state index >= 15 is 0 Å². The molecular formula is C18H24F3N3O2. The minimum atomic E-state index is -4.47. The van der Waals surface area contributed by atoms with E-state index in [0.717, 1.165) is 12.3 Å². The number of aliphatic hydroxyl groups excluding tert-OH is 1. The third-order valence-electron chi connectivity index (χ3n) is 5.69. The molecule has 0 radical (unpaired) electrons. The van der Waals surface area contributed by atoms with Crippen molar-refractivity contribution in [3.05, 3.63) is 29.1 Å². The second-order valence-corrected chi connectivity index (χ2v) is 7.39. The molecule has 1 amide bonds. The maximum absolute atomic E-state index is 13.2. The molecule has 0 spiro atoms. The van der Waals surface area contributed by atoms with Crippen LogP contribution in [0.5, 0.6) is 0 Å². The number of aromatic nitrogens is 1. The lowest BCUT2D eigenvalue weighted by atomic mass is 9.77. The van der Waals surface area contributed by atoms with Crippen LogP contribution in [-0.4, -0.2) is 39.6 Å². The molecule has 3 atom stereocenters. The molecule has 5 nitrogen and oxygen atoms in total. The number of halogens is 3. The summed E-state index contributed by atoms with van der Waals surface area (Å²) in [4.78, 5) is 18.7. The van der Waals surface area contributed by atoms with E-state index in [4.69, 9.17) is 5.73 Å². The summed E-state index contributed by atoms with van der Waals surface area (Å²) in [5, 5.41) is 10.5. The van der Waals surface area contributed by atoms with E-state index in [1.807, 2.05) is 6.92 Å². The molecule has 3 rings (SSSR count). The summed E-state index contributed by atoms with van der Waals surface area (Å²) in [5.41, 5.74) is 5.27. The number of amides is 1. The van der Waals surface area contributed by atoms with Gasteiger partial charge in [-0.3, -0.25) is 9.78 Å². The number of hydrogen-bond acceptors (Lipinski definition) is 4. The van der Waals surface area contributed by atoms with Gasteiger partial charge >= 0.3 is 6.18 Å². The van der Waals surface area contributed by atoms with Gasteiger partial charge in [-0.1, -0.05) is 6.92 Å². The second-order valence-electron chi connectivity index (χ2n) is 7.39. The van der Waals surface area contributed by atoms with Crippen molar-refractivity contribution in [3.8, 4) is 0 Å². The Morgan fingerprint density at radius 2 is 2.27 bits per heavy atom. The summed E-state index contributed by atoms with van der Waals surface area (Å²) >= 11 is 0. The molecule has 1 aromatic rings. The van der Waals surface area contributed by atoms with Gasteiger partial charge in [0.05, 0.1) is 17.1 Å². The van der Waals surface area contributed by atoms with Gasteiger partial charge in [0.25, 0.3) is 0 Å². The third-order valence-corrected chi connectivity index (χ3v) is 5.69. The monoisotopic (exact) mass is 371 g/mol. The van der Waals surface area contributed by atoms with Crippen molar-refractivity contribution < 1.29 is 23.1 Å². The molecule has 2 aliphatic rings. The first kappa shape index (κ1) is 19.1. The van der Waals surface area contributed by atoms with Crippen molar-refractivity contribution in [2.24, 2.45) is 11.1 Å². The molecule has 1 aliphatic heterocycles. The Labute approximate surface area is 150 Å². The number of hydrogen-bond donors (Lipinski definition) is 2. The quantitative estimate of drug-likeness (QED) is 0.854. The molecule has 0 saturated heterocycles. The number of alkyl halides is 3. The number of carbonyl (C=O) groups is 1. The fourth-order valence-electron chi connectivity index (χ4n) is 4.21. The Balaban J connectivity index is 1.86. The van der Waals surface area contributed by atoms with Crippen LogP contribution in [0.1, 0.15) is 49.4 Å². The first-order valence-corrected chi connectivity index (χ1v) is 8.95. The summed E-state index contributed by atoms with van der Waals surface area (Å²) in [6.45, 7) is 2.28. The van der Waals surface area contributed by atoms with Gasteiger partial charge in [0.2, 0.25) is 5.91 Å². The number of rotatable bonds is 3. The highest BCUT2D eigenvalue weighted by Gasteiger charge is 2.51. The van der Waals surface area contributed by atoms with Gasteiger partial charge < -0.3 is 15.7 Å². The topological polar surface area (TPSA) is 79.5 Å². The first-order chi connectivity index (χ1) is 12.2. The van der Waals surface area contributed by atoms with Gasteiger partial charge in [-0.2, -0.15) is 13.2 Å². The lowest BCUT2D eigenvalue weighted by molar-refractivity contribution is -0.150. The van der Waals surface area contributed by atoms with E-state index in [2.05, 4.69) is 4.98 Å². The van der Waals surface area contributed by atoms with Crippen LogP contribution >= 0.6 is 0 Å². The summed E-state index contributed by atoms with van der Waals surface area (Å²) in [5.74, 6) is -0.206. The van der Waals surface area contributed by atoms with E-state index < -0.39 is 23.3 Å². The molecule has 1 saturated carbocycles. The van der Waals surface area contributed by atoms with Crippen molar-refractivity contribution >= 4 is 5.91 Å². The van der Waals surface area contributed by atoms with Gasteiger partial charge in [-0.15, -0.1) is 0 Å². The van der Waals surface area contributed by atoms with Gasteiger partial charge in [-0.25, -0.2) is 0 Å². The molecular weight excluding hydrogens is 347 g/mol. The lowest BCUT2D eigenvalue weighted by Crippen LogP contribution is -2.51. The third kappa shape index (κ3) is 3.32. The Morgan fingerprint density at radius 3 is 2.85 bits per heavy atom. The largest absolute Gasteiger partial charge is 0.417 e. The summed E-state index contributed by atoms with van der Waals surface area (Å²) < 4.78 is 38.8. The Hall–Kier alpha value is -1.67. The zero-order valence-electron chi connectivity index (χ0n) is 14.7. The summed E-state index contributed by atoms with van der Waals surface area (Å²) in [6, 6.07) is 0.932. The van der Waals surface area contributed by atoms with E-state index in [-0.39, 0.29) is 18.5 Å². The number of fused-ring (bicyclic) bond motifs is 1. The zero-order valence-corrected chi connectivity index (χ0v) is 14.7. The number of nitrogens with zero attached hydrogens (tertiary/aromatic N) is 2. The molecule has 8 heteroatoms. The normalized spacial score (nSPS) is 27.3. The smallest absolute Gasteiger partial charge is 0.392 e. The van der Waals surface area contributed by atoms with Gasteiger partial charge in [0, 0.05) is 37.4 Å². The van der Waals surface area contributed by atoms with E-state index in [1.54, 1.807) is 4.90 Å². The van der Waals surface area contributed by atoms with Crippen LogP contribution in [0.4, 0.5) is 13.2 Å². The highest BCUT2D eigenvalue weighted by Crippen LogP contribution is 2.44. The number of aliphatic hydroxyl groups is 1. The average molecular weight is 371 g/mol. The molecule has 0 bridgehead atoms. The molecule has 26 heavy (non-hydrogen) atoms. The Bertz CT molecular complexity index is 695. The minimum Gasteiger partial charge on any atom is -0.392 e.